The van der Waals surface area contributed by atoms with Gasteiger partial charge < -0.3 is 14.8 Å². The van der Waals surface area contributed by atoms with Crippen LogP contribution in [0.2, 0.25) is 0 Å². The predicted molar refractivity (Wildman–Crippen MR) is 103 cm³/mol. The molecule has 0 aliphatic carbocycles. The second-order valence-corrected chi connectivity index (χ2v) is 7.37. The van der Waals surface area contributed by atoms with Crippen LogP contribution in [-0.2, 0) is 13.5 Å². The van der Waals surface area contributed by atoms with Gasteiger partial charge in [0.05, 0.1) is 6.04 Å². The molecule has 1 fully saturated rings. The van der Waals surface area contributed by atoms with Crippen LogP contribution in [0.4, 0.5) is 10.5 Å². The Bertz CT molecular complexity index is 767. The van der Waals surface area contributed by atoms with Crippen LogP contribution in [0.3, 0.4) is 0 Å². The van der Waals surface area contributed by atoms with E-state index >= 15 is 0 Å². The summed E-state index contributed by atoms with van der Waals surface area (Å²) in [5, 5.41) is 11.4. The zero-order valence-corrected chi connectivity index (χ0v) is 16.2. The maximum absolute atomic E-state index is 13.1. The van der Waals surface area contributed by atoms with Crippen molar-refractivity contribution < 1.29 is 4.79 Å². The first-order valence-corrected chi connectivity index (χ1v) is 9.56. The first-order valence-electron chi connectivity index (χ1n) is 9.56. The lowest BCUT2D eigenvalue weighted by Gasteiger charge is -2.26. The van der Waals surface area contributed by atoms with Gasteiger partial charge in [-0.25, -0.2) is 4.79 Å². The molecule has 1 aromatic carbocycles. The monoisotopic (exact) mass is 355 g/mol. The number of anilines is 1. The molecule has 3 rings (SSSR count). The summed E-state index contributed by atoms with van der Waals surface area (Å²) in [5.74, 6) is 1.21. The molecule has 2 amide bonds. The zero-order chi connectivity index (χ0) is 18.7. The minimum atomic E-state index is -0.0408. The van der Waals surface area contributed by atoms with Crippen molar-refractivity contribution in [1.82, 2.24) is 19.7 Å². The number of nitrogens with zero attached hydrogens (tertiary/aromatic N) is 4. The third-order valence-electron chi connectivity index (χ3n) is 5.11. The topological polar surface area (TPSA) is 63.1 Å². The van der Waals surface area contributed by atoms with Crippen LogP contribution in [0, 0.1) is 0 Å². The summed E-state index contributed by atoms with van der Waals surface area (Å²) in [6.07, 6.45) is 5.61. The van der Waals surface area contributed by atoms with Gasteiger partial charge in [-0.1, -0.05) is 45.4 Å². The lowest BCUT2D eigenvalue weighted by molar-refractivity contribution is 0.204. The second-order valence-electron chi connectivity index (χ2n) is 7.37. The lowest BCUT2D eigenvalue weighted by atomic mass is 9.96. The van der Waals surface area contributed by atoms with Crippen molar-refractivity contribution in [2.24, 2.45) is 7.05 Å². The molecule has 0 bridgehead atoms. The molecular formula is C20H29N5O. The summed E-state index contributed by atoms with van der Waals surface area (Å²) in [7, 11) is 1.93. The molecule has 140 valence electrons. The Hall–Kier alpha value is -2.37. The zero-order valence-electron chi connectivity index (χ0n) is 16.2. The van der Waals surface area contributed by atoms with Gasteiger partial charge in [0.25, 0.3) is 0 Å². The van der Waals surface area contributed by atoms with E-state index < -0.39 is 0 Å². The van der Waals surface area contributed by atoms with E-state index in [-0.39, 0.29) is 12.1 Å². The smallest absolute Gasteiger partial charge is 0.319 e. The number of aryl methyl sites for hydroxylation is 2. The van der Waals surface area contributed by atoms with Gasteiger partial charge >= 0.3 is 6.03 Å². The molecule has 6 heteroatoms. The van der Waals surface area contributed by atoms with E-state index in [0.717, 1.165) is 43.7 Å². The van der Waals surface area contributed by atoms with Gasteiger partial charge in [0.1, 0.15) is 6.33 Å². The fourth-order valence-corrected chi connectivity index (χ4v) is 3.78. The molecule has 2 aromatic rings. The third-order valence-corrected chi connectivity index (χ3v) is 5.11. The predicted octanol–water partition coefficient (Wildman–Crippen LogP) is 4.26. The van der Waals surface area contributed by atoms with Gasteiger partial charge in [0, 0.05) is 19.3 Å². The first-order chi connectivity index (χ1) is 12.5. The number of hydrogen-bond donors (Lipinski definition) is 1. The summed E-state index contributed by atoms with van der Waals surface area (Å²) < 4.78 is 1.90. The average molecular weight is 355 g/mol. The molecule has 0 saturated carbocycles. The maximum Gasteiger partial charge on any atom is 0.322 e. The normalized spacial score (nSPS) is 17.1. The Kier molecular flexibility index (Phi) is 5.59. The van der Waals surface area contributed by atoms with E-state index in [1.165, 1.54) is 11.1 Å². The standard InChI is InChI=1S/C20H29N5O/c1-5-8-15-9-6-10-16(14(2)3)18(15)22-20(26)25-12-7-11-17(25)19-23-21-13-24(19)4/h6,9-10,13-14,17H,5,7-8,11-12H2,1-4H3,(H,22,26)/t17-/m1/s1. The van der Waals surface area contributed by atoms with Crippen LogP contribution in [-0.4, -0.2) is 32.2 Å². The average Bonchev–Trinajstić information content (AvgIpc) is 3.24. The quantitative estimate of drug-likeness (QED) is 0.871. The number of likely N-dealkylation sites (tertiary alicyclic amines) is 1. The highest BCUT2D eigenvalue weighted by Gasteiger charge is 2.33. The van der Waals surface area contributed by atoms with Crippen molar-refractivity contribution in [1.29, 1.82) is 0 Å². The summed E-state index contributed by atoms with van der Waals surface area (Å²) in [6.45, 7) is 7.24. The Labute approximate surface area is 155 Å². The number of carbonyl (C=O) groups excluding carboxylic acids is 1. The number of urea groups is 1. The molecule has 0 radical (unpaired) electrons. The van der Waals surface area contributed by atoms with Gasteiger partial charge in [0.15, 0.2) is 5.82 Å². The molecule has 6 nitrogen and oxygen atoms in total. The van der Waals surface area contributed by atoms with Crippen molar-refractivity contribution >= 4 is 11.7 Å². The highest BCUT2D eigenvalue weighted by Crippen LogP contribution is 2.33. The number of benzene rings is 1. The highest BCUT2D eigenvalue weighted by molar-refractivity contribution is 5.91. The number of para-hydroxylation sites is 1. The lowest BCUT2D eigenvalue weighted by Crippen LogP contribution is -2.36. The van der Waals surface area contributed by atoms with Gasteiger partial charge in [0.2, 0.25) is 0 Å². The van der Waals surface area contributed by atoms with Crippen LogP contribution in [0.1, 0.15) is 68.9 Å². The van der Waals surface area contributed by atoms with Crippen molar-refractivity contribution in [2.45, 2.75) is 58.4 Å². The second kappa shape index (κ2) is 7.89. The molecule has 0 unspecified atom stereocenters. The number of nitrogens with one attached hydrogen (secondary N) is 1. The number of carbonyl (C=O) groups is 1. The molecular weight excluding hydrogens is 326 g/mol. The van der Waals surface area contributed by atoms with Crippen molar-refractivity contribution in [3.05, 3.63) is 41.5 Å². The minimum absolute atomic E-state index is 0.0108. The third kappa shape index (κ3) is 3.59. The SMILES string of the molecule is CCCc1cccc(C(C)C)c1NC(=O)N1CCC[C@@H]1c1nncn1C. The fourth-order valence-electron chi connectivity index (χ4n) is 3.78. The number of aromatic nitrogens is 3. The summed E-state index contributed by atoms with van der Waals surface area (Å²) >= 11 is 0. The minimum Gasteiger partial charge on any atom is -0.319 e. The van der Waals surface area contributed by atoms with E-state index in [0.29, 0.717) is 5.92 Å². The van der Waals surface area contributed by atoms with E-state index in [9.17, 15) is 4.79 Å². The summed E-state index contributed by atoms with van der Waals surface area (Å²) in [6, 6.07) is 6.27. The number of hydrogen-bond acceptors (Lipinski definition) is 3. The molecule has 1 atom stereocenters. The first kappa shape index (κ1) is 18.4. The van der Waals surface area contributed by atoms with E-state index in [1.54, 1.807) is 6.33 Å². The van der Waals surface area contributed by atoms with Crippen LogP contribution in [0.15, 0.2) is 24.5 Å². The molecule has 26 heavy (non-hydrogen) atoms. The maximum atomic E-state index is 13.1. The molecule has 1 aliphatic heterocycles. The molecule has 1 N–H and O–H groups in total. The van der Waals surface area contributed by atoms with Gasteiger partial charge in [-0.3, -0.25) is 0 Å². The van der Waals surface area contributed by atoms with Crippen LogP contribution < -0.4 is 5.32 Å². The number of amides is 2. The Morgan fingerprint density at radius 1 is 1.38 bits per heavy atom. The Morgan fingerprint density at radius 2 is 2.19 bits per heavy atom. The largest absolute Gasteiger partial charge is 0.322 e. The van der Waals surface area contributed by atoms with Gasteiger partial charge in [-0.15, -0.1) is 10.2 Å². The van der Waals surface area contributed by atoms with E-state index in [1.807, 2.05) is 16.5 Å². The molecule has 1 saturated heterocycles. The van der Waals surface area contributed by atoms with Gasteiger partial charge in [-0.05, 0) is 36.3 Å². The molecule has 1 aromatic heterocycles. The highest BCUT2D eigenvalue weighted by atomic mass is 16.2. The van der Waals surface area contributed by atoms with Crippen LogP contribution in [0.5, 0.6) is 0 Å². The molecule has 2 heterocycles. The fraction of sp³-hybridized carbons (Fsp3) is 0.550. The Balaban J connectivity index is 1.86. The van der Waals surface area contributed by atoms with E-state index in [4.69, 9.17) is 0 Å². The van der Waals surface area contributed by atoms with Crippen LogP contribution >= 0.6 is 0 Å². The van der Waals surface area contributed by atoms with Crippen LogP contribution in [0.25, 0.3) is 0 Å². The van der Waals surface area contributed by atoms with Crippen molar-refractivity contribution in [3.8, 4) is 0 Å². The Morgan fingerprint density at radius 3 is 2.85 bits per heavy atom. The summed E-state index contributed by atoms with van der Waals surface area (Å²) in [5.41, 5.74) is 3.39. The molecule has 0 spiro atoms. The number of rotatable bonds is 5. The molecule has 1 aliphatic rings. The van der Waals surface area contributed by atoms with E-state index in [2.05, 4.69) is 54.5 Å². The van der Waals surface area contributed by atoms with Crippen molar-refractivity contribution in [2.75, 3.05) is 11.9 Å². The summed E-state index contributed by atoms with van der Waals surface area (Å²) in [4.78, 5) is 15.0. The van der Waals surface area contributed by atoms with Crippen molar-refractivity contribution in [3.63, 3.8) is 0 Å². The van der Waals surface area contributed by atoms with Gasteiger partial charge in [-0.2, -0.15) is 0 Å².